The maximum Gasteiger partial charge on any atom is 0.308 e. The SMILES string of the molecule is CSc1c(C)nc2cc(-c3ccc(C#N)cc3)nn2c1N1CCCC(C(=O)O)C1. The van der Waals surface area contributed by atoms with Crippen molar-refractivity contribution in [3.8, 4) is 17.3 Å². The number of aryl methyl sites for hydroxylation is 1. The van der Waals surface area contributed by atoms with Crippen LogP contribution >= 0.6 is 11.8 Å². The number of thioether (sulfide) groups is 1. The Morgan fingerprint density at radius 3 is 2.76 bits per heavy atom. The molecule has 0 saturated carbocycles. The number of piperidine rings is 1. The van der Waals surface area contributed by atoms with Crippen LogP contribution in [0.2, 0.25) is 0 Å². The van der Waals surface area contributed by atoms with Crippen molar-refractivity contribution in [1.29, 1.82) is 5.26 Å². The Hall–Kier alpha value is -3.05. The number of hydrogen-bond donors (Lipinski definition) is 1. The van der Waals surface area contributed by atoms with E-state index in [1.54, 1.807) is 23.9 Å². The largest absolute Gasteiger partial charge is 0.481 e. The lowest BCUT2D eigenvalue weighted by atomic mass is 9.98. The fourth-order valence-electron chi connectivity index (χ4n) is 3.83. The maximum absolute atomic E-state index is 11.6. The second kappa shape index (κ2) is 7.76. The zero-order valence-corrected chi connectivity index (χ0v) is 17.1. The van der Waals surface area contributed by atoms with Crippen molar-refractivity contribution in [3.05, 3.63) is 41.6 Å². The smallest absolute Gasteiger partial charge is 0.308 e. The lowest BCUT2D eigenvalue weighted by Crippen LogP contribution is -2.40. The number of rotatable bonds is 4. The van der Waals surface area contributed by atoms with Crippen LogP contribution in [0.25, 0.3) is 16.9 Å². The molecule has 1 aliphatic heterocycles. The number of carbonyl (C=O) groups is 1. The van der Waals surface area contributed by atoms with Gasteiger partial charge in [-0.15, -0.1) is 11.8 Å². The molecular weight excluding hydrogens is 386 g/mol. The quantitative estimate of drug-likeness (QED) is 0.660. The number of aromatic nitrogens is 3. The number of carboxylic acids is 1. The van der Waals surface area contributed by atoms with Crippen molar-refractivity contribution < 1.29 is 9.90 Å². The van der Waals surface area contributed by atoms with E-state index >= 15 is 0 Å². The molecule has 2 aromatic heterocycles. The molecule has 29 heavy (non-hydrogen) atoms. The molecule has 0 radical (unpaired) electrons. The van der Waals surface area contributed by atoms with Gasteiger partial charge in [0.05, 0.1) is 33.8 Å². The predicted molar refractivity (Wildman–Crippen MR) is 112 cm³/mol. The standard InChI is InChI=1S/C21H21N5O2S/c1-13-19(29-2)20(25-9-3-4-16(12-25)21(27)28)26-18(23-13)10-17(24-26)15-7-5-14(11-22)6-8-15/h5-8,10,16H,3-4,9,12H2,1-2H3,(H,27,28). The minimum absolute atomic E-state index is 0.379. The molecule has 148 valence electrons. The van der Waals surface area contributed by atoms with E-state index < -0.39 is 5.97 Å². The van der Waals surface area contributed by atoms with Crippen LogP contribution in [0.5, 0.6) is 0 Å². The van der Waals surface area contributed by atoms with Gasteiger partial charge in [-0.1, -0.05) is 12.1 Å². The Kier molecular flexibility index (Phi) is 5.16. The average Bonchev–Trinajstić information content (AvgIpc) is 3.16. The first-order valence-corrected chi connectivity index (χ1v) is 10.7. The lowest BCUT2D eigenvalue weighted by Gasteiger charge is -2.33. The van der Waals surface area contributed by atoms with E-state index in [1.807, 2.05) is 35.9 Å². The van der Waals surface area contributed by atoms with Crippen LogP contribution in [0, 0.1) is 24.2 Å². The molecule has 1 aromatic carbocycles. The molecule has 0 bridgehead atoms. The molecule has 0 amide bonds. The van der Waals surface area contributed by atoms with Gasteiger partial charge in [-0.05, 0) is 38.2 Å². The molecule has 4 rings (SSSR count). The molecular formula is C21H21N5O2S. The van der Waals surface area contributed by atoms with Gasteiger partial charge in [-0.25, -0.2) is 4.98 Å². The molecule has 0 spiro atoms. The third kappa shape index (κ3) is 3.54. The third-order valence-corrected chi connectivity index (χ3v) is 6.18. The first kappa shape index (κ1) is 19.3. The first-order chi connectivity index (χ1) is 14.0. The molecule has 0 aliphatic carbocycles. The Morgan fingerprint density at radius 1 is 1.34 bits per heavy atom. The van der Waals surface area contributed by atoms with Gasteiger partial charge in [0.1, 0.15) is 5.82 Å². The summed E-state index contributed by atoms with van der Waals surface area (Å²) in [4.78, 5) is 19.4. The monoisotopic (exact) mass is 407 g/mol. The van der Waals surface area contributed by atoms with E-state index in [0.717, 1.165) is 46.3 Å². The topological polar surface area (TPSA) is 94.5 Å². The zero-order chi connectivity index (χ0) is 20.5. The van der Waals surface area contributed by atoms with Gasteiger partial charge in [0.25, 0.3) is 0 Å². The summed E-state index contributed by atoms with van der Waals surface area (Å²) in [6.45, 7) is 3.23. The predicted octanol–water partition coefficient (Wildman–Crippen LogP) is 3.60. The van der Waals surface area contributed by atoms with Crippen molar-refractivity contribution in [1.82, 2.24) is 14.6 Å². The summed E-state index contributed by atoms with van der Waals surface area (Å²) in [5.41, 5.74) is 3.92. The highest BCUT2D eigenvalue weighted by Crippen LogP contribution is 2.35. The molecule has 3 heterocycles. The molecule has 3 aromatic rings. The molecule has 1 saturated heterocycles. The first-order valence-electron chi connectivity index (χ1n) is 9.44. The normalized spacial score (nSPS) is 16.7. The third-order valence-electron chi connectivity index (χ3n) is 5.29. The van der Waals surface area contributed by atoms with Crippen LogP contribution in [-0.4, -0.2) is 45.0 Å². The Morgan fingerprint density at radius 2 is 2.10 bits per heavy atom. The van der Waals surface area contributed by atoms with Crippen molar-refractivity contribution >= 4 is 29.2 Å². The summed E-state index contributed by atoms with van der Waals surface area (Å²) in [6, 6.07) is 11.4. The summed E-state index contributed by atoms with van der Waals surface area (Å²) in [5, 5.41) is 23.3. The van der Waals surface area contributed by atoms with Gasteiger partial charge in [0.2, 0.25) is 0 Å². The van der Waals surface area contributed by atoms with Crippen LogP contribution in [-0.2, 0) is 4.79 Å². The van der Waals surface area contributed by atoms with E-state index in [2.05, 4.69) is 11.0 Å². The van der Waals surface area contributed by atoms with Crippen molar-refractivity contribution in [3.63, 3.8) is 0 Å². The molecule has 1 atom stereocenters. The number of nitrogens with zero attached hydrogens (tertiary/aromatic N) is 5. The van der Waals surface area contributed by atoms with Crippen LogP contribution < -0.4 is 4.90 Å². The fourth-order valence-corrected chi connectivity index (χ4v) is 4.57. The summed E-state index contributed by atoms with van der Waals surface area (Å²) in [6.07, 6.45) is 3.53. The van der Waals surface area contributed by atoms with Crippen LogP contribution in [0.3, 0.4) is 0 Å². The molecule has 1 fully saturated rings. The Labute approximate surface area is 173 Å². The number of carboxylic acid groups (broad SMARTS) is 1. The minimum Gasteiger partial charge on any atom is -0.481 e. The lowest BCUT2D eigenvalue weighted by molar-refractivity contribution is -0.141. The van der Waals surface area contributed by atoms with Gasteiger partial charge in [-0.2, -0.15) is 14.9 Å². The van der Waals surface area contributed by atoms with E-state index in [0.29, 0.717) is 18.5 Å². The molecule has 8 heteroatoms. The van der Waals surface area contributed by atoms with Gasteiger partial charge in [0, 0.05) is 24.7 Å². The highest BCUT2D eigenvalue weighted by Gasteiger charge is 2.29. The zero-order valence-electron chi connectivity index (χ0n) is 16.3. The number of nitriles is 1. The molecule has 1 unspecified atom stereocenters. The summed E-state index contributed by atoms with van der Waals surface area (Å²) < 4.78 is 1.83. The Bertz CT molecular complexity index is 1120. The molecule has 1 N–H and O–H groups in total. The van der Waals surface area contributed by atoms with E-state index in [4.69, 9.17) is 15.3 Å². The van der Waals surface area contributed by atoms with Crippen molar-refractivity contribution in [2.24, 2.45) is 5.92 Å². The van der Waals surface area contributed by atoms with Gasteiger partial charge >= 0.3 is 5.97 Å². The maximum atomic E-state index is 11.6. The average molecular weight is 407 g/mol. The van der Waals surface area contributed by atoms with E-state index in [-0.39, 0.29) is 5.92 Å². The van der Waals surface area contributed by atoms with E-state index in [1.165, 1.54) is 0 Å². The van der Waals surface area contributed by atoms with Crippen molar-refractivity contribution in [2.45, 2.75) is 24.7 Å². The highest BCUT2D eigenvalue weighted by molar-refractivity contribution is 7.98. The molecule has 1 aliphatic rings. The summed E-state index contributed by atoms with van der Waals surface area (Å²) >= 11 is 1.60. The number of anilines is 1. The second-order valence-electron chi connectivity index (χ2n) is 7.17. The van der Waals surface area contributed by atoms with Gasteiger partial charge in [0.15, 0.2) is 5.65 Å². The van der Waals surface area contributed by atoms with Crippen LogP contribution in [0.4, 0.5) is 5.82 Å². The number of benzene rings is 1. The van der Waals surface area contributed by atoms with Gasteiger partial charge in [-0.3, -0.25) is 4.79 Å². The number of fused-ring (bicyclic) bond motifs is 1. The number of aliphatic carboxylic acids is 1. The van der Waals surface area contributed by atoms with Crippen LogP contribution in [0.1, 0.15) is 24.1 Å². The van der Waals surface area contributed by atoms with Crippen LogP contribution in [0.15, 0.2) is 35.2 Å². The van der Waals surface area contributed by atoms with Gasteiger partial charge < -0.3 is 10.0 Å². The Balaban J connectivity index is 1.84. The van der Waals surface area contributed by atoms with Crippen molar-refractivity contribution in [2.75, 3.05) is 24.2 Å². The summed E-state index contributed by atoms with van der Waals surface area (Å²) in [5.74, 6) is -0.220. The minimum atomic E-state index is -0.749. The number of hydrogen-bond acceptors (Lipinski definition) is 6. The fraction of sp³-hybridized carbons (Fsp3) is 0.333. The molecule has 7 nitrogen and oxygen atoms in total. The second-order valence-corrected chi connectivity index (χ2v) is 7.98. The highest BCUT2D eigenvalue weighted by atomic mass is 32.2. The van der Waals surface area contributed by atoms with E-state index in [9.17, 15) is 9.90 Å². The summed E-state index contributed by atoms with van der Waals surface area (Å²) in [7, 11) is 0.